The Labute approximate surface area is 79.4 Å². The number of amides is 1. The fourth-order valence-corrected chi connectivity index (χ4v) is 1.48. The van der Waals surface area contributed by atoms with Crippen LogP contribution in [-0.2, 0) is 4.79 Å². The van der Waals surface area contributed by atoms with Gasteiger partial charge in [0.25, 0.3) is 0 Å². The molecule has 0 saturated heterocycles. The van der Waals surface area contributed by atoms with Crippen molar-refractivity contribution in [2.45, 2.75) is 32.1 Å². The summed E-state index contributed by atoms with van der Waals surface area (Å²) in [7, 11) is 0. The molecule has 0 heterocycles. The molecular weight excluding hydrogens is 162 g/mol. The van der Waals surface area contributed by atoms with Gasteiger partial charge < -0.3 is 5.32 Å². The van der Waals surface area contributed by atoms with Gasteiger partial charge in [-0.3, -0.25) is 4.79 Å². The maximum Gasteiger partial charge on any atom is 0.224 e. The van der Waals surface area contributed by atoms with E-state index in [1.807, 2.05) is 0 Å². The molecule has 0 radical (unpaired) electrons. The number of carbonyl (C=O) groups is 1. The summed E-state index contributed by atoms with van der Waals surface area (Å²) < 4.78 is 0. The zero-order valence-electron chi connectivity index (χ0n) is 8.01. The lowest BCUT2D eigenvalue weighted by Crippen LogP contribution is -2.25. The predicted octanol–water partition coefficient (Wildman–Crippen LogP) is 1.87. The van der Waals surface area contributed by atoms with Crippen LogP contribution in [0, 0.1) is 11.8 Å². The van der Waals surface area contributed by atoms with Crippen LogP contribution >= 0.6 is 0 Å². The number of nitrogens with one attached hydrogen (secondary N) is 1. The molecule has 2 aliphatic carbocycles. The maximum absolute atomic E-state index is 11.3. The Morgan fingerprint density at radius 2 is 2.00 bits per heavy atom. The second-order valence-corrected chi connectivity index (χ2v) is 4.36. The van der Waals surface area contributed by atoms with Crippen molar-refractivity contribution in [3.05, 3.63) is 12.2 Å². The van der Waals surface area contributed by atoms with E-state index in [0.29, 0.717) is 12.3 Å². The standard InChI is InChI=1S/C11H17NO/c1-8(10-4-5-10)6-11(13)12-7-9-2-3-9/h9-10H,1-7H2,(H,12,13). The van der Waals surface area contributed by atoms with E-state index in [4.69, 9.17) is 0 Å². The molecule has 0 aromatic carbocycles. The summed E-state index contributed by atoms with van der Waals surface area (Å²) in [6, 6.07) is 0. The van der Waals surface area contributed by atoms with Gasteiger partial charge in [0, 0.05) is 13.0 Å². The molecule has 2 aliphatic rings. The molecule has 2 nitrogen and oxygen atoms in total. The highest BCUT2D eigenvalue weighted by Gasteiger charge is 2.26. The minimum Gasteiger partial charge on any atom is -0.356 e. The minimum atomic E-state index is 0.170. The highest BCUT2D eigenvalue weighted by atomic mass is 16.1. The van der Waals surface area contributed by atoms with Crippen LogP contribution in [0.4, 0.5) is 0 Å². The van der Waals surface area contributed by atoms with Gasteiger partial charge in [0.05, 0.1) is 0 Å². The number of carbonyl (C=O) groups excluding carboxylic acids is 1. The zero-order valence-corrected chi connectivity index (χ0v) is 8.01. The summed E-state index contributed by atoms with van der Waals surface area (Å²) in [5, 5.41) is 2.96. The number of rotatable bonds is 5. The normalized spacial score (nSPS) is 21.2. The molecule has 1 N–H and O–H groups in total. The summed E-state index contributed by atoms with van der Waals surface area (Å²) in [6.07, 6.45) is 5.63. The second kappa shape index (κ2) is 3.52. The third kappa shape index (κ3) is 2.87. The largest absolute Gasteiger partial charge is 0.356 e. The van der Waals surface area contributed by atoms with Crippen molar-refractivity contribution in [2.24, 2.45) is 11.8 Å². The monoisotopic (exact) mass is 179 g/mol. The van der Waals surface area contributed by atoms with Crippen LogP contribution in [0.3, 0.4) is 0 Å². The smallest absolute Gasteiger partial charge is 0.224 e. The molecular formula is C11H17NO. The zero-order chi connectivity index (χ0) is 9.26. The summed E-state index contributed by atoms with van der Waals surface area (Å²) in [4.78, 5) is 11.3. The van der Waals surface area contributed by atoms with E-state index in [0.717, 1.165) is 18.0 Å². The van der Waals surface area contributed by atoms with Crippen molar-refractivity contribution in [1.29, 1.82) is 0 Å². The van der Waals surface area contributed by atoms with Crippen molar-refractivity contribution in [3.8, 4) is 0 Å². The topological polar surface area (TPSA) is 29.1 Å². The van der Waals surface area contributed by atoms with Crippen LogP contribution in [-0.4, -0.2) is 12.5 Å². The molecule has 0 spiro atoms. The molecule has 2 heteroatoms. The lowest BCUT2D eigenvalue weighted by molar-refractivity contribution is -0.120. The fourth-order valence-electron chi connectivity index (χ4n) is 1.48. The third-order valence-electron chi connectivity index (χ3n) is 2.83. The average Bonchev–Trinajstić information content (AvgIpc) is 2.93. The van der Waals surface area contributed by atoms with Gasteiger partial charge in [0.1, 0.15) is 0 Å². The second-order valence-electron chi connectivity index (χ2n) is 4.36. The summed E-state index contributed by atoms with van der Waals surface area (Å²) in [5.41, 5.74) is 1.13. The number of hydrogen-bond donors (Lipinski definition) is 1. The molecule has 0 atom stereocenters. The molecule has 0 bridgehead atoms. The maximum atomic E-state index is 11.3. The van der Waals surface area contributed by atoms with Crippen molar-refractivity contribution >= 4 is 5.91 Å². The van der Waals surface area contributed by atoms with Gasteiger partial charge >= 0.3 is 0 Å². The van der Waals surface area contributed by atoms with Crippen LogP contribution in [0.25, 0.3) is 0 Å². The summed E-state index contributed by atoms with van der Waals surface area (Å²) in [5.74, 6) is 1.61. The Kier molecular flexibility index (Phi) is 2.38. The quantitative estimate of drug-likeness (QED) is 0.641. The van der Waals surface area contributed by atoms with Gasteiger partial charge in [0.15, 0.2) is 0 Å². The molecule has 2 fully saturated rings. The highest BCUT2D eigenvalue weighted by Crippen LogP contribution is 2.36. The first-order valence-corrected chi connectivity index (χ1v) is 5.20. The van der Waals surface area contributed by atoms with E-state index in [9.17, 15) is 4.79 Å². The number of hydrogen-bond acceptors (Lipinski definition) is 1. The minimum absolute atomic E-state index is 0.170. The molecule has 0 aromatic heterocycles. The molecule has 2 rings (SSSR count). The van der Waals surface area contributed by atoms with Crippen molar-refractivity contribution in [2.75, 3.05) is 6.54 Å². The molecule has 1 amide bonds. The molecule has 0 unspecified atom stereocenters. The highest BCUT2D eigenvalue weighted by molar-refractivity contribution is 5.78. The first-order chi connectivity index (χ1) is 6.25. The fraction of sp³-hybridized carbons (Fsp3) is 0.727. The molecule has 2 saturated carbocycles. The van der Waals surface area contributed by atoms with Crippen molar-refractivity contribution in [3.63, 3.8) is 0 Å². The van der Waals surface area contributed by atoms with E-state index >= 15 is 0 Å². The van der Waals surface area contributed by atoms with Gasteiger partial charge in [0.2, 0.25) is 5.91 Å². The van der Waals surface area contributed by atoms with Crippen LogP contribution in [0.2, 0.25) is 0 Å². The molecule has 0 aliphatic heterocycles. The predicted molar refractivity (Wildman–Crippen MR) is 52.2 cm³/mol. The van der Waals surface area contributed by atoms with Crippen LogP contribution in [0.5, 0.6) is 0 Å². The first kappa shape index (κ1) is 8.79. The van der Waals surface area contributed by atoms with Gasteiger partial charge in [-0.1, -0.05) is 12.2 Å². The summed E-state index contributed by atoms with van der Waals surface area (Å²) >= 11 is 0. The van der Waals surface area contributed by atoms with Crippen molar-refractivity contribution < 1.29 is 4.79 Å². The van der Waals surface area contributed by atoms with E-state index in [-0.39, 0.29) is 5.91 Å². The molecule has 72 valence electrons. The van der Waals surface area contributed by atoms with Crippen LogP contribution in [0.15, 0.2) is 12.2 Å². The Morgan fingerprint density at radius 1 is 1.31 bits per heavy atom. The lowest BCUT2D eigenvalue weighted by atomic mass is 10.1. The Morgan fingerprint density at radius 3 is 2.54 bits per heavy atom. The van der Waals surface area contributed by atoms with Gasteiger partial charge in [-0.2, -0.15) is 0 Å². The Bertz CT molecular complexity index is 226. The van der Waals surface area contributed by atoms with E-state index < -0.39 is 0 Å². The lowest BCUT2D eigenvalue weighted by Gasteiger charge is -2.05. The van der Waals surface area contributed by atoms with Crippen LogP contribution < -0.4 is 5.32 Å². The Hall–Kier alpha value is -0.790. The average molecular weight is 179 g/mol. The first-order valence-electron chi connectivity index (χ1n) is 5.20. The van der Waals surface area contributed by atoms with E-state index in [1.165, 1.54) is 25.7 Å². The third-order valence-corrected chi connectivity index (χ3v) is 2.83. The van der Waals surface area contributed by atoms with Crippen LogP contribution in [0.1, 0.15) is 32.1 Å². The van der Waals surface area contributed by atoms with Gasteiger partial charge in [-0.05, 0) is 37.5 Å². The van der Waals surface area contributed by atoms with Gasteiger partial charge in [-0.15, -0.1) is 0 Å². The summed E-state index contributed by atoms with van der Waals surface area (Å²) in [6.45, 7) is 4.82. The SMILES string of the molecule is C=C(CC(=O)NCC1CC1)C1CC1. The Balaban J connectivity index is 1.61. The van der Waals surface area contributed by atoms with E-state index in [2.05, 4.69) is 11.9 Å². The van der Waals surface area contributed by atoms with Gasteiger partial charge in [-0.25, -0.2) is 0 Å². The molecule has 13 heavy (non-hydrogen) atoms. The van der Waals surface area contributed by atoms with Crippen molar-refractivity contribution in [1.82, 2.24) is 5.32 Å². The van der Waals surface area contributed by atoms with E-state index in [1.54, 1.807) is 0 Å². The molecule has 0 aromatic rings.